The van der Waals surface area contributed by atoms with Crippen LogP contribution in [0, 0.1) is 0 Å². The predicted molar refractivity (Wildman–Crippen MR) is 81.6 cm³/mol. The highest BCUT2D eigenvalue weighted by atomic mass is 16.3. The highest BCUT2D eigenvalue weighted by Crippen LogP contribution is 2.21. The first kappa shape index (κ1) is 14.2. The Morgan fingerprint density at radius 2 is 2.00 bits per heavy atom. The van der Waals surface area contributed by atoms with Crippen LogP contribution in [0.4, 0.5) is 0 Å². The predicted octanol–water partition coefficient (Wildman–Crippen LogP) is 1.83. The van der Waals surface area contributed by atoms with E-state index in [1.165, 1.54) is 12.8 Å². The van der Waals surface area contributed by atoms with Gasteiger partial charge >= 0.3 is 0 Å². The smallest absolute Gasteiger partial charge is 0.163 e. The van der Waals surface area contributed by atoms with Crippen LogP contribution in [-0.2, 0) is 13.6 Å². The summed E-state index contributed by atoms with van der Waals surface area (Å²) >= 11 is 0. The average Bonchev–Trinajstić information content (AvgIpc) is 2.90. The molecular formula is C16H22N4O. The minimum absolute atomic E-state index is 0.226. The third-order valence-corrected chi connectivity index (χ3v) is 4.30. The highest BCUT2D eigenvalue weighted by Gasteiger charge is 2.23. The molecule has 1 N–H and O–H groups in total. The number of aliphatic hydroxyl groups is 1. The number of aliphatic hydroxyl groups excluding tert-OH is 1. The normalized spacial score (nSPS) is 19.8. The molecule has 5 heteroatoms. The van der Waals surface area contributed by atoms with Crippen LogP contribution in [0.5, 0.6) is 0 Å². The van der Waals surface area contributed by atoms with Gasteiger partial charge in [0.05, 0.1) is 13.2 Å². The van der Waals surface area contributed by atoms with Crippen molar-refractivity contribution in [2.75, 3.05) is 13.2 Å². The molecule has 21 heavy (non-hydrogen) atoms. The summed E-state index contributed by atoms with van der Waals surface area (Å²) in [6.07, 6.45) is 3.47. The van der Waals surface area contributed by atoms with Crippen molar-refractivity contribution in [3.8, 4) is 11.4 Å². The number of hydrogen-bond donors (Lipinski definition) is 1. The minimum atomic E-state index is 0.226. The maximum Gasteiger partial charge on any atom is 0.163 e. The summed E-state index contributed by atoms with van der Waals surface area (Å²) in [6, 6.07) is 10.4. The zero-order valence-corrected chi connectivity index (χ0v) is 12.4. The van der Waals surface area contributed by atoms with E-state index in [2.05, 4.69) is 19.7 Å². The van der Waals surface area contributed by atoms with Gasteiger partial charge in [-0.05, 0) is 19.4 Å². The molecular weight excluding hydrogens is 264 g/mol. The van der Waals surface area contributed by atoms with Crippen molar-refractivity contribution >= 4 is 0 Å². The van der Waals surface area contributed by atoms with Gasteiger partial charge < -0.3 is 9.67 Å². The van der Waals surface area contributed by atoms with Crippen LogP contribution < -0.4 is 0 Å². The lowest BCUT2D eigenvalue weighted by atomic mass is 10.0. The number of piperidine rings is 1. The number of likely N-dealkylation sites (tertiary alicyclic amines) is 1. The zero-order valence-electron chi connectivity index (χ0n) is 12.4. The summed E-state index contributed by atoms with van der Waals surface area (Å²) < 4.78 is 2.05. The van der Waals surface area contributed by atoms with Crippen molar-refractivity contribution in [3.05, 3.63) is 36.2 Å². The van der Waals surface area contributed by atoms with E-state index in [-0.39, 0.29) is 12.6 Å². The average molecular weight is 286 g/mol. The fourth-order valence-corrected chi connectivity index (χ4v) is 2.99. The molecule has 2 aromatic rings. The number of hydrogen-bond acceptors (Lipinski definition) is 4. The highest BCUT2D eigenvalue weighted by molar-refractivity contribution is 5.54. The summed E-state index contributed by atoms with van der Waals surface area (Å²) in [4.78, 5) is 2.32. The van der Waals surface area contributed by atoms with Crippen LogP contribution in [0.15, 0.2) is 30.3 Å². The van der Waals surface area contributed by atoms with E-state index in [9.17, 15) is 5.11 Å². The number of aromatic nitrogens is 3. The van der Waals surface area contributed by atoms with Crippen molar-refractivity contribution in [2.24, 2.45) is 7.05 Å². The quantitative estimate of drug-likeness (QED) is 0.931. The van der Waals surface area contributed by atoms with Crippen molar-refractivity contribution < 1.29 is 5.11 Å². The fraction of sp³-hybridized carbons (Fsp3) is 0.500. The van der Waals surface area contributed by atoms with E-state index < -0.39 is 0 Å². The maximum absolute atomic E-state index is 9.51. The van der Waals surface area contributed by atoms with Crippen LogP contribution in [0.1, 0.15) is 25.1 Å². The van der Waals surface area contributed by atoms with Crippen LogP contribution in [-0.4, -0.2) is 44.0 Å². The van der Waals surface area contributed by atoms with Crippen molar-refractivity contribution in [2.45, 2.75) is 31.8 Å². The molecule has 0 bridgehead atoms. The molecule has 1 fully saturated rings. The first-order valence-corrected chi connectivity index (χ1v) is 7.58. The van der Waals surface area contributed by atoms with Crippen molar-refractivity contribution in [1.82, 2.24) is 19.7 Å². The Kier molecular flexibility index (Phi) is 4.31. The molecule has 1 aliphatic heterocycles. The summed E-state index contributed by atoms with van der Waals surface area (Å²) in [5.41, 5.74) is 1.08. The molecule has 1 atom stereocenters. The molecule has 1 saturated heterocycles. The lowest BCUT2D eigenvalue weighted by Gasteiger charge is -2.33. The zero-order chi connectivity index (χ0) is 14.7. The Hall–Kier alpha value is -1.72. The second kappa shape index (κ2) is 6.37. The van der Waals surface area contributed by atoms with Crippen LogP contribution in [0.3, 0.4) is 0 Å². The van der Waals surface area contributed by atoms with Crippen LogP contribution >= 0.6 is 0 Å². The lowest BCUT2D eigenvalue weighted by Crippen LogP contribution is -2.41. The van der Waals surface area contributed by atoms with Gasteiger partial charge in [-0.1, -0.05) is 36.8 Å². The van der Waals surface area contributed by atoms with E-state index in [0.717, 1.165) is 36.7 Å². The Bertz CT molecular complexity index is 581. The van der Waals surface area contributed by atoms with E-state index in [0.29, 0.717) is 0 Å². The molecule has 1 aromatic heterocycles. The minimum Gasteiger partial charge on any atom is -0.395 e. The third kappa shape index (κ3) is 2.99. The second-order valence-electron chi connectivity index (χ2n) is 5.67. The Morgan fingerprint density at radius 1 is 1.19 bits per heavy atom. The van der Waals surface area contributed by atoms with Gasteiger partial charge in [0.15, 0.2) is 5.82 Å². The van der Waals surface area contributed by atoms with Gasteiger partial charge in [0, 0.05) is 18.7 Å². The summed E-state index contributed by atoms with van der Waals surface area (Å²) in [6.45, 7) is 2.00. The molecule has 3 rings (SSSR count). The number of nitrogens with zero attached hydrogens (tertiary/aromatic N) is 4. The maximum atomic E-state index is 9.51. The van der Waals surface area contributed by atoms with Crippen LogP contribution in [0.2, 0.25) is 0 Å². The first-order valence-electron chi connectivity index (χ1n) is 7.58. The molecule has 0 radical (unpaired) electrons. The molecule has 0 saturated carbocycles. The van der Waals surface area contributed by atoms with Gasteiger partial charge in [0.2, 0.25) is 0 Å². The topological polar surface area (TPSA) is 54.2 Å². The number of rotatable bonds is 4. The van der Waals surface area contributed by atoms with Gasteiger partial charge in [0.1, 0.15) is 5.82 Å². The number of benzene rings is 1. The Labute approximate surface area is 125 Å². The summed E-state index contributed by atoms with van der Waals surface area (Å²) in [5.74, 6) is 1.84. The molecule has 2 heterocycles. The molecule has 0 aliphatic carbocycles. The van der Waals surface area contributed by atoms with Gasteiger partial charge in [-0.3, -0.25) is 4.90 Å². The molecule has 0 spiro atoms. The molecule has 112 valence electrons. The van der Waals surface area contributed by atoms with Crippen LogP contribution in [0.25, 0.3) is 11.4 Å². The summed E-state index contributed by atoms with van der Waals surface area (Å²) in [5, 5.41) is 18.2. The molecule has 0 unspecified atom stereocenters. The van der Waals surface area contributed by atoms with E-state index >= 15 is 0 Å². The molecule has 1 aromatic carbocycles. The van der Waals surface area contributed by atoms with Crippen molar-refractivity contribution in [1.29, 1.82) is 0 Å². The molecule has 5 nitrogen and oxygen atoms in total. The Balaban J connectivity index is 1.79. The lowest BCUT2D eigenvalue weighted by molar-refractivity contribution is 0.0811. The van der Waals surface area contributed by atoms with E-state index in [1.54, 1.807) is 0 Å². The monoisotopic (exact) mass is 286 g/mol. The van der Waals surface area contributed by atoms with E-state index in [4.69, 9.17) is 0 Å². The molecule has 1 aliphatic rings. The summed E-state index contributed by atoms with van der Waals surface area (Å²) in [7, 11) is 2.01. The Morgan fingerprint density at radius 3 is 2.76 bits per heavy atom. The standard InChI is InChI=1S/C16H22N4O/c1-19-15(11-20-10-6-5-9-14(20)12-21)17-18-16(19)13-7-3-2-4-8-13/h2-4,7-8,14,21H,5-6,9-12H2,1H3/t14-/m1/s1. The van der Waals surface area contributed by atoms with E-state index in [1.807, 2.05) is 37.4 Å². The van der Waals surface area contributed by atoms with Gasteiger partial charge in [0.25, 0.3) is 0 Å². The fourth-order valence-electron chi connectivity index (χ4n) is 2.99. The SMILES string of the molecule is Cn1c(CN2CCCC[C@@H]2CO)nnc1-c1ccccc1. The largest absolute Gasteiger partial charge is 0.395 e. The first-order chi connectivity index (χ1) is 10.3. The molecule has 0 amide bonds. The van der Waals surface area contributed by atoms with Gasteiger partial charge in [-0.25, -0.2) is 0 Å². The van der Waals surface area contributed by atoms with Gasteiger partial charge in [-0.2, -0.15) is 0 Å². The van der Waals surface area contributed by atoms with Crippen molar-refractivity contribution in [3.63, 3.8) is 0 Å². The van der Waals surface area contributed by atoms with Gasteiger partial charge in [-0.15, -0.1) is 10.2 Å². The second-order valence-corrected chi connectivity index (χ2v) is 5.67. The third-order valence-electron chi connectivity index (χ3n) is 4.30.